The maximum atomic E-state index is 12.8. The lowest BCUT2D eigenvalue weighted by Crippen LogP contribution is -2.30. The van der Waals surface area contributed by atoms with Crippen molar-refractivity contribution < 1.29 is 28.6 Å². The van der Waals surface area contributed by atoms with Gasteiger partial charge in [0, 0.05) is 19.3 Å². The van der Waals surface area contributed by atoms with Crippen LogP contribution in [0, 0.1) is 0 Å². The van der Waals surface area contributed by atoms with Gasteiger partial charge in [-0.2, -0.15) is 0 Å². The molecule has 0 bridgehead atoms. The summed E-state index contributed by atoms with van der Waals surface area (Å²) < 4.78 is 16.8. The lowest BCUT2D eigenvalue weighted by molar-refractivity contribution is -0.167. The molecule has 0 aliphatic carbocycles. The normalized spacial score (nSPS) is 12.2. The summed E-state index contributed by atoms with van der Waals surface area (Å²) in [5.74, 6) is -0.874. The third-order valence-electron chi connectivity index (χ3n) is 12.2. The van der Waals surface area contributed by atoms with Crippen LogP contribution in [0.3, 0.4) is 0 Å². The van der Waals surface area contributed by atoms with Gasteiger partial charge in [0.25, 0.3) is 0 Å². The van der Waals surface area contributed by atoms with Crippen LogP contribution in [0.4, 0.5) is 0 Å². The average molecular weight is 885 g/mol. The minimum Gasteiger partial charge on any atom is -0.462 e. The second-order valence-electron chi connectivity index (χ2n) is 18.5. The van der Waals surface area contributed by atoms with Crippen LogP contribution in [0.2, 0.25) is 0 Å². The topological polar surface area (TPSA) is 78.9 Å². The van der Waals surface area contributed by atoms with E-state index >= 15 is 0 Å². The molecule has 0 aliphatic heterocycles. The number of hydrogen-bond acceptors (Lipinski definition) is 6. The van der Waals surface area contributed by atoms with Crippen molar-refractivity contribution in [3.63, 3.8) is 0 Å². The Morgan fingerprint density at radius 2 is 0.619 bits per heavy atom. The first kappa shape index (κ1) is 60.6. The molecule has 0 amide bonds. The van der Waals surface area contributed by atoms with Crippen LogP contribution in [0.15, 0.2) is 36.5 Å². The molecule has 6 heteroatoms. The average Bonchev–Trinajstić information content (AvgIpc) is 3.28. The van der Waals surface area contributed by atoms with Crippen LogP contribution in [-0.2, 0) is 28.6 Å². The third-order valence-corrected chi connectivity index (χ3v) is 12.2. The molecule has 0 saturated heterocycles. The summed E-state index contributed by atoms with van der Waals surface area (Å²) in [6.07, 6.45) is 61.3. The van der Waals surface area contributed by atoms with E-state index in [0.29, 0.717) is 19.3 Å². The molecule has 0 rings (SSSR count). The fourth-order valence-electron chi connectivity index (χ4n) is 8.05. The number of ether oxygens (including phenoxy) is 3. The molecule has 368 valence electrons. The van der Waals surface area contributed by atoms with Crippen molar-refractivity contribution in [2.75, 3.05) is 13.2 Å². The van der Waals surface area contributed by atoms with E-state index in [1.165, 1.54) is 154 Å². The number of rotatable bonds is 50. The zero-order valence-electron chi connectivity index (χ0n) is 42.1. The molecule has 0 aromatic carbocycles. The highest BCUT2D eigenvalue weighted by Crippen LogP contribution is 2.16. The van der Waals surface area contributed by atoms with Gasteiger partial charge in [-0.3, -0.25) is 14.4 Å². The molecule has 0 aromatic heterocycles. The standard InChI is InChI=1S/C57H104O6/c1-4-7-10-13-16-19-22-25-28-31-34-37-40-43-46-49-55(58)61-52-54(63-57(60)51-48-45-42-39-36-33-30-27-24-21-18-15-12-9-6-3)53-62-56(59)50-47-44-41-38-35-32-29-26-23-20-17-14-11-8-5-2/h7,10,16,19,25,28,54H,4-6,8-9,11-15,17-18,20-24,26-27,29-53H2,1-3H3/b10-7-,19-16-,28-25-. The number of hydrogen-bond donors (Lipinski definition) is 0. The second-order valence-corrected chi connectivity index (χ2v) is 18.5. The van der Waals surface area contributed by atoms with Gasteiger partial charge in [0.1, 0.15) is 13.2 Å². The van der Waals surface area contributed by atoms with Crippen LogP contribution >= 0.6 is 0 Å². The van der Waals surface area contributed by atoms with Crippen molar-refractivity contribution in [3.8, 4) is 0 Å². The van der Waals surface area contributed by atoms with Gasteiger partial charge in [0.15, 0.2) is 6.10 Å². The van der Waals surface area contributed by atoms with E-state index in [2.05, 4.69) is 57.2 Å². The van der Waals surface area contributed by atoms with Crippen LogP contribution < -0.4 is 0 Å². The van der Waals surface area contributed by atoms with Crippen LogP contribution in [-0.4, -0.2) is 37.2 Å². The van der Waals surface area contributed by atoms with Crippen molar-refractivity contribution in [1.29, 1.82) is 0 Å². The lowest BCUT2D eigenvalue weighted by Gasteiger charge is -2.18. The van der Waals surface area contributed by atoms with Gasteiger partial charge >= 0.3 is 17.9 Å². The van der Waals surface area contributed by atoms with E-state index in [1.54, 1.807) is 0 Å². The molecule has 0 fully saturated rings. The first-order valence-electron chi connectivity index (χ1n) is 27.5. The van der Waals surface area contributed by atoms with Gasteiger partial charge in [-0.1, -0.05) is 256 Å². The molecular weight excluding hydrogens is 781 g/mol. The highest BCUT2D eigenvalue weighted by molar-refractivity contribution is 5.71. The Bertz CT molecular complexity index is 1060. The molecule has 0 aliphatic rings. The van der Waals surface area contributed by atoms with Crippen molar-refractivity contribution >= 4 is 17.9 Å². The fourth-order valence-corrected chi connectivity index (χ4v) is 8.05. The third kappa shape index (κ3) is 50.5. The molecule has 0 saturated carbocycles. The Hall–Kier alpha value is -2.37. The number of unbranched alkanes of at least 4 members (excludes halogenated alkanes) is 33. The summed E-state index contributed by atoms with van der Waals surface area (Å²) >= 11 is 0. The molecule has 0 radical (unpaired) electrons. The molecule has 6 nitrogen and oxygen atoms in total. The maximum Gasteiger partial charge on any atom is 0.306 e. The monoisotopic (exact) mass is 885 g/mol. The van der Waals surface area contributed by atoms with Gasteiger partial charge in [-0.05, 0) is 51.4 Å². The first-order chi connectivity index (χ1) is 31.0. The van der Waals surface area contributed by atoms with Crippen molar-refractivity contribution in [2.45, 2.75) is 297 Å². The molecule has 0 spiro atoms. The van der Waals surface area contributed by atoms with Crippen molar-refractivity contribution in [2.24, 2.45) is 0 Å². The van der Waals surface area contributed by atoms with Crippen molar-refractivity contribution in [1.82, 2.24) is 0 Å². The number of esters is 3. The second kappa shape index (κ2) is 52.3. The zero-order valence-corrected chi connectivity index (χ0v) is 42.1. The Morgan fingerprint density at radius 1 is 0.333 bits per heavy atom. The zero-order chi connectivity index (χ0) is 45.8. The van der Waals surface area contributed by atoms with E-state index in [9.17, 15) is 14.4 Å². The first-order valence-corrected chi connectivity index (χ1v) is 27.5. The Kier molecular flexibility index (Phi) is 50.3. The quantitative estimate of drug-likeness (QED) is 0.0262. The number of carbonyl (C=O) groups is 3. The number of carbonyl (C=O) groups excluding carboxylic acids is 3. The summed E-state index contributed by atoms with van der Waals surface area (Å²) in [7, 11) is 0. The molecule has 0 heterocycles. The Labute approximate surface area is 391 Å². The van der Waals surface area contributed by atoms with Crippen LogP contribution in [0.1, 0.15) is 290 Å². The van der Waals surface area contributed by atoms with E-state index in [0.717, 1.165) is 96.3 Å². The molecule has 0 N–H and O–H groups in total. The lowest BCUT2D eigenvalue weighted by atomic mass is 10.0. The molecule has 1 unspecified atom stereocenters. The highest BCUT2D eigenvalue weighted by Gasteiger charge is 2.19. The van der Waals surface area contributed by atoms with Crippen molar-refractivity contribution in [3.05, 3.63) is 36.5 Å². The summed E-state index contributed by atoms with van der Waals surface area (Å²) in [5, 5.41) is 0. The predicted molar refractivity (Wildman–Crippen MR) is 270 cm³/mol. The highest BCUT2D eigenvalue weighted by atomic mass is 16.6. The van der Waals surface area contributed by atoms with E-state index in [1.807, 2.05) is 0 Å². The van der Waals surface area contributed by atoms with E-state index in [-0.39, 0.29) is 31.1 Å². The van der Waals surface area contributed by atoms with Gasteiger partial charge in [-0.15, -0.1) is 0 Å². The molecule has 1 atom stereocenters. The summed E-state index contributed by atoms with van der Waals surface area (Å²) in [6.45, 7) is 6.55. The van der Waals surface area contributed by atoms with Gasteiger partial charge in [0.2, 0.25) is 0 Å². The minimum absolute atomic E-state index is 0.0729. The molecular formula is C57H104O6. The summed E-state index contributed by atoms with van der Waals surface area (Å²) in [4.78, 5) is 38.1. The van der Waals surface area contributed by atoms with Gasteiger partial charge < -0.3 is 14.2 Å². The summed E-state index contributed by atoms with van der Waals surface area (Å²) in [6, 6.07) is 0. The summed E-state index contributed by atoms with van der Waals surface area (Å²) in [5.41, 5.74) is 0. The van der Waals surface area contributed by atoms with E-state index in [4.69, 9.17) is 14.2 Å². The van der Waals surface area contributed by atoms with E-state index < -0.39 is 6.10 Å². The van der Waals surface area contributed by atoms with Gasteiger partial charge in [0.05, 0.1) is 0 Å². The van der Waals surface area contributed by atoms with Gasteiger partial charge in [-0.25, -0.2) is 0 Å². The van der Waals surface area contributed by atoms with Crippen LogP contribution in [0.5, 0.6) is 0 Å². The maximum absolute atomic E-state index is 12.8. The Balaban J connectivity index is 4.36. The SMILES string of the molecule is CC/C=C\C/C=C\C/C=C\CCCCCCCC(=O)OCC(COC(=O)CCCCCCCCCCCCCCCCC)OC(=O)CCCCCCCCCCCCCCCCC. The largest absolute Gasteiger partial charge is 0.462 e. The Morgan fingerprint density at radius 3 is 0.968 bits per heavy atom. The van der Waals surface area contributed by atoms with Crippen LogP contribution in [0.25, 0.3) is 0 Å². The molecule has 0 aromatic rings. The predicted octanol–water partition coefficient (Wildman–Crippen LogP) is 18.1. The fraction of sp³-hybridized carbons (Fsp3) is 0.842. The molecule has 63 heavy (non-hydrogen) atoms. The smallest absolute Gasteiger partial charge is 0.306 e. The number of allylic oxidation sites excluding steroid dienone is 6. The minimum atomic E-state index is -0.774.